The predicted molar refractivity (Wildman–Crippen MR) is 107 cm³/mol. The van der Waals surface area contributed by atoms with Gasteiger partial charge in [-0.2, -0.15) is 0 Å². The van der Waals surface area contributed by atoms with Gasteiger partial charge in [-0.3, -0.25) is 0 Å². The predicted octanol–water partition coefficient (Wildman–Crippen LogP) is 6.67. The molecule has 3 rings (SSSR count). The van der Waals surface area contributed by atoms with Gasteiger partial charge in [-0.25, -0.2) is 9.97 Å². The Kier molecular flexibility index (Phi) is 9.57. The van der Waals surface area contributed by atoms with E-state index >= 15 is 0 Å². The van der Waals surface area contributed by atoms with E-state index in [4.69, 9.17) is 0 Å². The van der Waals surface area contributed by atoms with E-state index in [1.807, 2.05) is 29.1 Å². The van der Waals surface area contributed by atoms with Crippen molar-refractivity contribution in [1.29, 1.82) is 0 Å². The minimum absolute atomic E-state index is 0.567. The maximum Gasteiger partial charge on any atom is 0.0950 e. The zero-order valence-electron chi connectivity index (χ0n) is 15.5. The lowest BCUT2D eigenvalue weighted by Crippen LogP contribution is -1.84. The number of thiazole rings is 1. The average Bonchev–Trinajstić information content (AvgIpc) is 3.29. The topological polar surface area (TPSA) is 41.6 Å². The van der Waals surface area contributed by atoms with Gasteiger partial charge in [-0.05, 0) is 23.3 Å². The molecule has 24 heavy (non-hydrogen) atoms. The van der Waals surface area contributed by atoms with E-state index in [0.29, 0.717) is 17.8 Å². The van der Waals surface area contributed by atoms with Crippen LogP contribution in [0.2, 0.25) is 0 Å². The first-order valence-electron chi connectivity index (χ1n) is 8.32. The molecule has 3 aromatic heterocycles. The Morgan fingerprint density at radius 1 is 0.917 bits per heavy atom. The van der Waals surface area contributed by atoms with Crippen LogP contribution in [0.3, 0.4) is 0 Å². The Hall–Kier alpha value is -1.46. The van der Waals surface area contributed by atoms with Gasteiger partial charge >= 0.3 is 0 Å². The summed E-state index contributed by atoms with van der Waals surface area (Å²) in [6, 6.07) is 4.27. The van der Waals surface area contributed by atoms with Gasteiger partial charge in [-0.1, -0.05) is 47.6 Å². The number of H-pyrrole nitrogens is 1. The maximum atomic E-state index is 4.13. The average molecular weight is 364 g/mol. The summed E-state index contributed by atoms with van der Waals surface area (Å²) < 4.78 is 0. The number of nitrogens with one attached hydrogen (secondary N) is 1. The summed E-state index contributed by atoms with van der Waals surface area (Å²) in [4.78, 5) is 12.5. The molecular formula is C19H29N3S2. The van der Waals surface area contributed by atoms with Crippen LogP contribution in [-0.4, -0.2) is 15.0 Å². The van der Waals surface area contributed by atoms with Crippen LogP contribution in [0.25, 0.3) is 0 Å². The summed E-state index contributed by atoms with van der Waals surface area (Å²) in [6.07, 6.45) is 5.40. The second kappa shape index (κ2) is 11.2. The molecule has 3 aromatic rings. The van der Waals surface area contributed by atoms with Crippen molar-refractivity contribution in [2.24, 2.45) is 0 Å². The second-order valence-electron chi connectivity index (χ2n) is 6.36. The molecule has 0 amide bonds. The first kappa shape index (κ1) is 20.6. The van der Waals surface area contributed by atoms with Crippen LogP contribution < -0.4 is 0 Å². The Balaban J connectivity index is 0.000000180. The normalized spacial score (nSPS) is 10.4. The Morgan fingerprint density at radius 3 is 1.92 bits per heavy atom. The van der Waals surface area contributed by atoms with E-state index in [2.05, 4.69) is 74.0 Å². The number of aromatic nitrogens is 3. The number of rotatable bonds is 3. The van der Waals surface area contributed by atoms with Gasteiger partial charge in [-0.15, -0.1) is 22.7 Å². The van der Waals surface area contributed by atoms with Crippen molar-refractivity contribution in [2.45, 2.75) is 59.3 Å². The van der Waals surface area contributed by atoms with Gasteiger partial charge in [0.05, 0.1) is 11.3 Å². The lowest BCUT2D eigenvalue weighted by Gasteiger charge is -1.95. The fourth-order valence-corrected chi connectivity index (χ4v) is 3.12. The van der Waals surface area contributed by atoms with Gasteiger partial charge < -0.3 is 4.98 Å². The summed E-state index contributed by atoms with van der Waals surface area (Å²) in [7, 11) is 0. The van der Waals surface area contributed by atoms with Gasteiger partial charge in [0.2, 0.25) is 0 Å². The van der Waals surface area contributed by atoms with Crippen molar-refractivity contribution in [3.63, 3.8) is 0 Å². The molecule has 0 bridgehead atoms. The fourth-order valence-electron chi connectivity index (χ4n) is 1.72. The van der Waals surface area contributed by atoms with Crippen LogP contribution in [0.1, 0.15) is 74.9 Å². The third kappa shape index (κ3) is 7.88. The van der Waals surface area contributed by atoms with E-state index in [0.717, 1.165) is 0 Å². The highest BCUT2D eigenvalue weighted by Crippen LogP contribution is 2.18. The molecule has 3 heterocycles. The van der Waals surface area contributed by atoms with Crippen molar-refractivity contribution in [3.05, 3.63) is 57.2 Å². The lowest BCUT2D eigenvalue weighted by atomic mass is 10.2. The molecule has 132 valence electrons. The highest BCUT2D eigenvalue weighted by Gasteiger charge is 1.98. The maximum absolute atomic E-state index is 4.13. The molecule has 0 spiro atoms. The van der Waals surface area contributed by atoms with Crippen LogP contribution in [0.5, 0.6) is 0 Å². The zero-order chi connectivity index (χ0) is 17.9. The summed E-state index contributed by atoms with van der Waals surface area (Å²) in [5.74, 6) is 1.86. The van der Waals surface area contributed by atoms with Crippen LogP contribution >= 0.6 is 22.7 Å². The Labute approximate surface area is 154 Å². The molecule has 0 atom stereocenters. The van der Waals surface area contributed by atoms with E-state index in [-0.39, 0.29) is 0 Å². The molecule has 0 aromatic carbocycles. The van der Waals surface area contributed by atoms with Crippen LogP contribution in [0, 0.1) is 0 Å². The highest BCUT2D eigenvalue weighted by atomic mass is 32.1. The monoisotopic (exact) mass is 363 g/mol. The molecule has 1 N–H and O–H groups in total. The Morgan fingerprint density at radius 2 is 1.67 bits per heavy atom. The summed E-state index contributed by atoms with van der Waals surface area (Å²) in [6.45, 7) is 13.0. The van der Waals surface area contributed by atoms with E-state index < -0.39 is 0 Å². The van der Waals surface area contributed by atoms with Gasteiger partial charge in [0.1, 0.15) is 0 Å². The summed E-state index contributed by atoms with van der Waals surface area (Å²) in [5, 5.41) is 5.36. The molecular weight excluding hydrogens is 334 g/mol. The molecule has 3 nitrogen and oxygen atoms in total. The number of hydrogen-bond acceptors (Lipinski definition) is 4. The molecule has 0 fully saturated rings. The van der Waals surface area contributed by atoms with Crippen LogP contribution in [-0.2, 0) is 0 Å². The quantitative estimate of drug-likeness (QED) is 0.564. The summed E-state index contributed by atoms with van der Waals surface area (Å²) in [5.41, 5.74) is 1.20. The molecule has 5 heteroatoms. The van der Waals surface area contributed by atoms with Gasteiger partial charge in [0.15, 0.2) is 0 Å². The molecule has 0 aliphatic rings. The Bertz CT molecular complexity index is 519. The second-order valence-corrected chi connectivity index (χ2v) is 8.26. The third-order valence-corrected chi connectivity index (χ3v) is 5.45. The number of thiophene rings is 1. The smallest absolute Gasteiger partial charge is 0.0950 e. The van der Waals surface area contributed by atoms with Crippen LogP contribution in [0.4, 0.5) is 0 Å². The molecule has 0 radical (unpaired) electrons. The van der Waals surface area contributed by atoms with Crippen LogP contribution in [0.15, 0.2) is 41.6 Å². The minimum Gasteiger partial charge on any atom is -0.348 e. The van der Waals surface area contributed by atoms with E-state index in [1.165, 1.54) is 15.6 Å². The summed E-state index contributed by atoms with van der Waals surface area (Å²) >= 11 is 3.55. The van der Waals surface area contributed by atoms with Gasteiger partial charge in [0, 0.05) is 34.3 Å². The number of nitrogens with zero attached hydrogens (tertiary/aromatic N) is 2. The third-order valence-electron chi connectivity index (χ3n) is 3.20. The minimum atomic E-state index is 0.567. The molecule has 0 aliphatic heterocycles. The van der Waals surface area contributed by atoms with Crippen molar-refractivity contribution < 1.29 is 0 Å². The highest BCUT2D eigenvalue weighted by molar-refractivity contribution is 7.10. The molecule has 0 aliphatic carbocycles. The van der Waals surface area contributed by atoms with Crippen molar-refractivity contribution in [3.8, 4) is 0 Å². The molecule has 0 saturated carbocycles. The van der Waals surface area contributed by atoms with Crippen molar-refractivity contribution in [1.82, 2.24) is 15.0 Å². The first-order valence-corrected chi connectivity index (χ1v) is 10.1. The fraction of sp³-hybridized carbons (Fsp3) is 0.474. The molecule has 0 saturated heterocycles. The zero-order valence-corrected chi connectivity index (χ0v) is 17.1. The van der Waals surface area contributed by atoms with E-state index in [1.54, 1.807) is 17.7 Å². The number of imidazole rings is 1. The number of hydrogen-bond donors (Lipinski definition) is 1. The van der Waals surface area contributed by atoms with Gasteiger partial charge in [0.25, 0.3) is 0 Å². The lowest BCUT2D eigenvalue weighted by molar-refractivity contribution is 0.832. The van der Waals surface area contributed by atoms with E-state index in [9.17, 15) is 0 Å². The van der Waals surface area contributed by atoms with Crippen molar-refractivity contribution in [2.75, 3.05) is 0 Å². The molecule has 0 unspecified atom stereocenters. The standard InChI is InChI=1S/C7H10S.C6H10N2.C6H9NS/c1-6(2)7-4-3-5-8-7;1-5(2)6-3-7-4-8-6;1-5(2)6-7-3-4-8-6/h3-6H,1-2H3;3-5H,1-2H3,(H,7,8);3-5H,1-2H3. The number of aromatic amines is 1. The largest absolute Gasteiger partial charge is 0.348 e. The SMILES string of the molecule is CC(C)c1cccs1.CC(C)c1cnc[nH]1.CC(C)c1nccs1. The first-order chi connectivity index (χ1) is 11.4. The van der Waals surface area contributed by atoms with Crippen molar-refractivity contribution >= 4 is 22.7 Å².